The highest BCUT2D eigenvalue weighted by Gasteiger charge is 2.33. The zero-order chi connectivity index (χ0) is 23.5. The minimum absolute atomic E-state index is 0.00717. The summed E-state index contributed by atoms with van der Waals surface area (Å²) in [6, 6.07) is 15.5. The van der Waals surface area contributed by atoms with E-state index in [1.807, 2.05) is 42.5 Å². The van der Waals surface area contributed by atoms with Gasteiger partial charge in [-0.25, -0.2) is 8.42 Å². The molecular formula is C25H31N3O5S. The van der Waals surface area contributed by atoms with E-state index in [2.05, 4.69) is 11.0 Å². The number of amides is 1. The van der Waals surface area contributed by atoms with Crippen molar-refractivity contribution in [3.8, 4) is 11.5 Å². The summed E-state index contributed by atoms with van der Waals surface area (Å²) in [5, 5.41) is 0. The van der Waals surface area contributed by atoms with E-state index in [0.29, 0.717) is 45.9 Å². The summed E-state index contributed by atoms with van der Waals surface area (Å²) in [6.07, 6.45) is 2.04. The van der Waals surface area contributed by atoms with Gasteiger partial charge in [-0.15, -0.1) is 0 Å². The average molecular weight is 486 g/mol. The van der Waals surface area contributed by atoms with Crippen LogP contribution in [0, 0.1) is 0 Å². The first-order valence-corrected chi connectivity index (χ1v) is 13.5. The third-order valence-corrected chi connectivity index (χ3v) is 8.68. The number of benzene rings is 2. The second-order valence-corrected chi connectivity index (χ2v) is 11.0. The van der Waals surface area contributed by atoms with Crippen LogP contribution in [0.25, 0.3) is 0 Å². The molecule has 3 heterocycles. The van der Waals surface area contributed by atoms with E-state index in [1.54, 1.807) is 4.90 Å². The van der Waals surface area contributed by atoms with E-state index in [1.165, 1.54) is 4.31 Å². The number of rotatable bonds is 6. The molecule has 2 fully saturated rings. The van der Waals surface area contributed by atoms with Gasteiger partial charge in [0.15, 0.2) is 11.5 Å². The molecule has 2 aromatic carbocycles. The Morgan fingerprint density at radius 2 is 1.65 bits per heavy atom. The van der Waals surface area contributed by atoms with E-state index >= 15 is 0 Å². The van der Waals surface area contributed by atoms with Crippen molar-refractivity contribution < 1.29 is 22.7 Å². The van der Waals surface area contributed by atoms with E-state index in [-0.39, 0.29) is 17.7 Å². The Balaban J connectivity index is 1.17. The highest BCUT2D eigenvalue weighted by molar-refractivity contribution is 7.88. The standard InChI is InChI=1S/C25H31N3O5S/c29-25(26-11-13-28(14-12-26)34(30,31)19-20-5-2-1-3-6-20)18-27-10-4-7-22(27)21-8-9-23-24(17-21)33-16-15-32-23/h1-3,5-6,8-9,17,22H,4,7,10-16,18-19H2/t22-/m0/s1. The van der Waals surface area contributed by atoms with Crippen molar-refractivity contribution >= 4 is 15.9 Å². The predicted molar refractivity (Wildman–Crippen MR) is 128 cm³/mol. The van der Waals surface area contributed by atoms with Gasteiger partial charge in [0.2, 0.25) is 15.9 Å². The number of nitrogens with zero attached hydrogens (tertiary/aromatic N) is 3. The number of hydrogen-bond acceptors (Lipinski definition) is 6. The van der Waals surface area contributed by atoms with Crippen LogP contribution in [0.1, 0.15) is 30.0 Å². The van der Waals surface area contributed by atoms with Gasteiger partial charge < -0.3 is 14.4 Å². The summed E-state index contributed by atoms with van der Waals surface area (Å²) >= 11 is 0. The highest BCUT2D eigenvalue weighted by atomic mass is 32.2. The number of fused-ring (bicyclic) bond motifs is 1. The van der Waals surface area contributed by atoms with Crippen LogP contribution in [0.15, 0.2) is 48.5 Å². The lowest BCUT2D eigenvalue weighted by molar-refractivity contribution is -0.133. The normalized spacial score (nSPS) is 21.5. The second-order valence-electron chi connectivity index (χ2n) is 9.05. The molecule has 2 saturated heterocycles. The minimum Gasteiger partial charge on any atom is -0.486 e. The summed E-state index contributed by atoms with van der Waals surface area (Å²) in [7, 11) is -3.40. The van der Waals surface area contributed by atoms with Gasteiger partial charge in [-0.05, 0) is 42.6 Å². The van der Waals surface area contributed by atoms with Crippen molar-refractivity contribution in [2.24, 2.45) is 0 Å². The predicted octanol–water partition coefficient (Wildman–Crippen LogP) is 2.27. The van der Waals surface area contributed by atoms with Crippen LogP contribution in [-0.2, 0) is 20.6 Å². The minimum atomic E-state index is -3.40. The van der Waals surface area contributed by atoms with Crippen LogP contribution in [0.4, 0.5) is 0 Å². The molecule has 8 nitrogen and oxygen atoms in total. The van der Waals surface area contributed by atoms with Gasteiger partial charge in [-0.2, -0.15) is 4.31 Å². The molecule has 0 aromatic heterocycles. The van der Waals surface area contributed by atoms with Crippen LogP contribution in [0.5, 0.6) is 11.5 Å². The quantitative estimate of drug-likeness (QED) is 0.625. The number of carbonyl (C=O) groups excluding carboxylic acids is 1. The lowest BCUT2D eigenvalue weighted by atomic mass is 10.0. The largest absolute Gasteiger partial charge is 0.486 e. The smallest absolute Gasteiger partial charge is 0.236 e. The van der Waals surface area contributed by atoms with Crippen LogP contribution in [0.3, 0.4) is 0 Å². The van der Waals surface area contributed by atoms with Gasteiger partial charge in [-0.3, -0.25) is 9.69 Å². The molecule has 34 heavy (non-hydrogen) atoms. The molecule has 3 aliphatic rings. The number of likely N-dealkylation sites (tertiary alicyclic amines) is 1. The lowest BCUT2D eigenvalue weighted by Crippen LogP contribution is -2.52. The van der Waals surface area contributed by atoms with Gasteiger partial charge in [-0.1, -0.05) is 36.4 Å². The maximum Gasteiger partial charge on any atom is 0.236 e. The molecule has 182 valence electrons. The zero-order valence-electron chi connectivity index (χ0n) is 19.3. The molecule has 0 unspecified atom stereocenters. The Morgan fingerprint density at radius 1 is 0.912 bits per heavy atom. The third kappa shape index (κ3) is 5.06. The molecule has 0 saturated carbocycles. The Morgan fingerprint density at radius 3 is 2.41 bits per heavy atom. The van der Waals surface area contributed by atoms with Crippen molar-refractivity contribution in [3.63, 3.8) is 0 Å². The molecule has 9 heteroatoms. The second kappa shape index (κ2) is 9.93. The summed E-state index contributed by atoms with van der Waals surface area (Å²) < 4.78 is 38.5. The number of sulfonamides is 1. The first kappa shape index (κ1) is 23.1. The molecule has 2 aromatic rings. The Kier molecular flexibility index (Phi) is 6.76. The Labute approximate surface area is 201 Å². The van der Waals surface area contributed by atoms with E-state index in [9.17, 15) is 13.2 Å². The van der Waals surface area contributed by atoms with Gasteiger partial charge in [0.05, 0.1) is 12.3 Å². The van der Waals surface area contributed by atoms with Crippen molar-refractivity contribution in [2.45, 2.75) is 24.6 Å². The maximum absolute atomic E-state index is 13.1. The summed E-state index contributed by atoms with van der Waals surface area (Å²) in [5.74, 6) is 1.60. The highest BCUT2D eigenvalue weighted by Crippen LogP contribution is 2.38. The van der Waals surface area contributed by atoms with E-state index in [4.69, 9.17) is 9.47 Å². The van der Waals surface area contributed by atoms with Crippen molar-refractivity contribution in [1.29, 1.82) is 0 Å². The molecule has 5 rings (SSSR count). The van der Waals surface area contributed by atoms with E-state index < -0.39 is 10.0 Å². The molecule has 0 radical (unpaired) electrons. The number of hydrogen-bond donors (Lipinski definition) is 0. The maximum atomic E-state index is 13.1. The van der Waals surface area contributed by atoms with Gasteiger partial charge in [0.25, 0.3) is 0 Å². The molecule has 0 N–H and O–H groups in total. The molecule has 3 aliphatic heterocycles. The van der Waals surface area contributed by atoms with Crippen LogP contribution in [0.2, 0.25) is 0 Å². The zero-order valence-corrected chi connectivity index (χ0v) is 20.1. The first-order chi connectivity index (χ1) is 16.5. The monoisotopic (exact) mass is 485 g/mol. The third-order valence-electron chi connectivity index (χ3n) is 6.83. The fourth-order valence-electron chi connectivity index (χ4n) is 5.03. The van der Waals surface area contributed by atoms with Crippen LogP contribution in [-0.4, -0.2) is 80.9 Å². The molecular weight excluding hydrogens is 454 g/mol. The average Bonchev–Trinajstić information content (AvgIpc) is 3.32. The molecule has 1 atom stereocenters. The molecule has 0 bridgehead atoms. The fraction of sp³-hybridized carbons (Fsp3) is 0.480. The molecule has 1 amide bonds. The Bertz CT molecular complexity index is 1120. The van der Waals surface area contributed by atoms with Crippen molar-refractivity contribution in [2.75, 3.05) is 52.5 Å². The van der Waals surface area contributed by atoms with Crippen LogP contribution >= 0.6 is 0 Å². The topological polar surface area (TPSA) is 79.4 Å². The SMILES string of the molecule is O=C(CN1CCC[C@H]1c1ccc2c(c1)OCCO2)N1CCN(S(=O)(=O)Cc2ccccc2)CC1. The van der Waals surface area contributed by atoms with E-state index in [0.717, 1.165) is 42.0 Å². The summed E-state index contributed by atoms with van der Waals surface area (Å²) in [4.78, 5) is 17.1. The van der Waals surface area contributed by atoms with Crippen LogP contribution < -0.4 is 9.47 Å². The number of piperazine rings is 1. The van der Waals surface area contributed by atoms with Gasteiger partial charge >= 0.3 is 0 Å². The Hall–Kier alpha value is -2.62. The van der Waals surface area contributed by atoms with Gasteiger partial charge in [0.1, 0.15) is 13.2 Å². The first-order valence-electron chi connectivity index (χ1n) is 11.9. The fourth-order valence-corrected chi connectivity index (χ4v) is 6.54. The van der Waals surface area contributed by atoms with Crippen molar-refractivity contribution in [1.82, 2.24) is 14.1 Å². The summed E-state index contributed by atoms with van der Waals surface area (Å²) in [6.45, 7) is 3.86. The molecule has 0 spiro atoms. The number of carbonyl (C=O) groups is 1. The number of ether oxygens (including phenoxy) is 2. The van der Waals surface area contributed by atoms with Crippen molar-refractivity contribution in [3.05, 3.63) is 59.7 Å². The lowest BCUT2D eigenvalue weighted by Gasteiger charge is -2.35. The molecule has 0 aliphatic carbocycles. The summed E-state index contributed by atoms with van der Waals surface area (Å²) in [5.41, 5.74) is 1.92. The van der Waals surface area contributed by atoms with Gasteiger partial charge in [0, 0.05) is 32.2 Å².